The maximum Gasteiger partial charge on any atom is 0.300 e. The highest BCUT2D eigenvalue weighted by Gasteiger charge is 2.46. The van der Waals surface area contributed by atoms with Gasteiger partial charge in [-0.2, -0.15) is 0 Å². The molecule has 1 N–H and O–H groups in total. The van der Waals surface area contributed by atoms with Crippen molar-refractivity contribution in [3.63, 3.8) is 0 Å². The number of aliphatic hydroxyl groups excluding tert-OH is 1. The average Bonchev–Trinajstić information content (AvgIpc) is 3.05. The van der Waals surface area contributed by atoms with Crippen LogP contribution in [0.2, 0.25) is 5.02 Å². The zero-order valence-electron chi connectivity index (χ0n) is 15.9. The van der Waals surface area contributed by atoms with Crippen molar-refractivity contribution in [1.82, 2.24) is 0 Å². The normalized spacial score (nSPS) is 17.7. The van der Waals surface area contributed by atoms with Gasteiger partial charge in [-0.25, -0.2) is 0 Å². The number of nitrogens with zero attached hydrogens (tertiary/aromatic N) is 2. The first-order valence-electron chi connectivity index (χ1n) is 9.25. The van der Waals surface area contributed by atoms with Gasteiger partial charge in [0, 0.05) is 28.4 Å². The molecule has 1 aliphatic rings. The summed E-state index contributed by atoms with van der Waals surface area (Å²) in [6, 6.07) is 19.5. The molecule has 154 valence electrons. The molecule has 3 aromatic rings. The lowest BCUT2D eigenvalue weighted by atomic mass is 9.95. The molecule has 3 aromatic carbocycles. The summed E-state index contributed by atoms with van der Waals surface area (Å²) in [6.07, 6.45) is 0. The van der Waals surface area contributed by atoms with Crippen LogP contribution in [0.3, 0.4) is 0 Å². The number of aliphatic hydroxyl groups is 1. The highest BCUT2D eigenvalue weighted by Crippen LogP contribution is 2.42. The standard InChI is InChI=1S/C23H15ClN2O5/c24-16-9-11-17(12-10-16)25-20(14-5-2-1-3-6-14)19(22(28)23(25)29)21(27)15-7-4-8-18(13-15)26(30)31/h1-13,20,27H/b21-19-. The molecular weight excluding hydrogens is 420 g/mol. The molecule has 7 nitrogen and oxygen atoms in total. The van der Waals surface area contributed by atoms with Crippen molar-refractivity contribution in [2.75, 3.05) is 4.90 Å². The Hall–Kier alpha value is -3.97. The third-order valence-corrected chi connectivity index (χ3v) is 5.25. The van der Waals surface area contributed by atoms with Gasteiger partial charge in [-0.3, -0.25) is 24.6 Å². The summed E-state index contributed by atoms with van der Waals surface area (Å²) in [5.74, 6) is -2.18. The molecule has 1 heterocycles. The Morgan fingerprint density at radius 3 is 2.29 bits per heavy atom. The summed E-state index contributed by atoms with van der Waals surface area (Å²) in [5.41, 5.74) is 0.713. The second-order valence-electron chi connectivity index (χ2n) is 6.86. The van der Waals surface area contributed by atoms with Gasteiger partial charge in [-0.1, -0.05) is 54.1 Å². The summed E-state index contributed by atoms with van der Waals surface area (Å²) in [5, 5.41) is 22.6. The molecule has 0 bridgehead atoms. The predicted molar refractivity (Wildman–Crippen MR) is 116 cm³/mol. The molecule has 1 unspecified atom stereocenters. The molecule has 1 amide bonds. The first kappa shape index (κ1) is 20.3. The van der Waals surface area contributed by atoms with Gasteiger partial charge >= 0.3 is 0 Å². The van der Waals surface area contributed by atoms with E-state index < -0.39 is 28.4 Å². The molecule has 0 aliphatic carbocycles. The number of nitro benzene ring substituents is 1. The van der Waals surface area contributed by atoms with E-state index in [0.29, 0.717) is 16.3 Å². The van der Waals surface area contributed by atoms with Crippen LogP contribution >= 0.6 is 11.6 Å². The number of rotatable bonds is 4. The van der Waals surface area contributed by atoms with Crippen molar-refractivity contribution in [2.24, 2.45) is 0 Å². The lowest BCUT2D eigenvalue weighted by Crippen LogP contribution is -2.29. The molecule has 0 spiro atoms. The molecule has 1 aliphatic heterocycles. The highest BCUT2D eigenvalue weighted by molar-refractivity contribution is 6.51. The Kier molecular flexibility index (Phi) is 5.27. The van der Waals surface area contributed by atoms with Crippen molar-refractivity contribution < 1.29 is 19.6 Å². The number of ketones is 1. The van der Waals surface area contributed by atoms with Crippen molar-refractivity contribution >= 4 is 40.4 Å². The number of Topliss-reactive ketones (excluding diaryl/α,β-unsaturated/α-hetero) is 1. The SMILES string of the molecule is O=C1C(=O)N(c2ccc(Cl)cc2)C(c2ccccc2)/C1=C(/O)c1cccc([N+](=O)[O-])c1. The molecule has 4 rings (SSSR count). The fraction of sp³-hybridized carbons (Fsp3) is 0.0435. The number of hydrogen-bond donors (Lipinski definition) is 1. The van der Waals surface area contributed by atoms with E-state index in [2.05, 4.69) is 0 Å². The van der Waals surface area contributed by atoms with Crippen LogP contribution in [-0.4, -0.2) is 21.7 Å². The number of halogens is 1. The van der Waals surface area contributed by atoms with E-state index in [1.807, 2.05) is 0 Å². The van der Waals surface area contributed by atoms with Crippen LogP contribution in [-0.2, 0) is 9.59 Å². The summed E-state index contributed by atoms with van der Waals surface area (Å²) in [7, 11) is 0. The highest BCUT2D eigenvalue weighted by atomic mass is 35.5. The molecule has 0 saturated carbocycles. The van der Waals surface area contributed by atoms with E-state index in [1.54, 1.807) is 54.6 Å². The van der Waals surface area contributed by atoms with Gasteiger partial charge in [-0.05, 0) is 29.8 Å². The van der Waals surface area contributed by atoms with E-state index in [-0.39, 0.29) is 16.8 Å². The van der Waals surface area contributed by atoms with E-state index in [9.17, 15) is 24.8 Å². The predicted octanol–water partition coefficient (Wildman–Crippen LogP) is 4.87. The summed E-state index contributed by atoms with van der Waals surface area (Å²) < 4.78 is 0. The molecule has 1 fully saturated rings. The number of hydrogen-bond acceptors (Lipinski definition) is 5. The smallest absolute Gasteiger partial charge is 0.300 e. The van der Waals surface area contributed by atoms with Crippen molar-refractivity contribution in [2.45, 2.75) is 6.04 Å². The number of anilines is 1. The Balaban J connectivity index is 1.93. The summed E-state index contributed by atoms with van der Waals surface area (Å²) in [6.45, 7) is 0. The summed E-state index contributed by atoms with van der Waals surface area (Å²) in [4.78, 5) is 37.8. The minimum Gasteiger partial charge on any atom is -0.507 e. The quantitative estimate of drug-likeness (QED) is 0.207. The molecule has 31 heavy (non-hydrogen) atoms. The zero-order valence-corrected chi connectivity index (χ0v) is 16.7. The zero-order chi connectivity index (χ0) is 22.1. The molecule has 0 aromatic heterocycles. The number of amides is 1. The van der Waals surface area contributed by atoms with Crippen LogP contribution < -0.4 is 4.90 Å². The van der Waals surface area contributed by atoms with E-state index in [4.69, 9.17) is 11.6 Å². The Morgan fingerprint density at radius 2 is 1.65 bits per heavy atom. The topological polar surface area (TPSA) is 101 Å². The second-order valence-corrected chi connectivity index (χ2v) is 7.30. The van der Waals surface area contributed by atoms with Crippen LogP contribution in [0.4, 0.5) is 11.4 Å². The number of carbonyl (C=O) groups is 2. The molecule has 1 saturated heterocycles. The van der Waals surface area contributed by atoms with Crippen LogP contribution in [0.25, 0.3) is 5.76 Å². The number of nitro groups is 1. The minimum absolute atomic E-state index is 0.0734. The third-order valence-electron chi connectivity index (χ3n) is 4.99. The fourth-order valence-corrected chi connectivity index (χ4v) is 3.70. The molecule has 8 heteroatoms. The van der Waals surface area contributed by atoms with Gasteiger partial charge in [0.25, 0.3) is 17.4 Å². The number of carbonyl (C=O) groups excluding carboxylic acids is 2. The second kappa shape index (κ2) is 8.04. The van der Waals surface area contributed by atoms with Crippen LogP contribution in [0.5, 0.6) is 0 Å². The minimum atomic E-state index is -0.915. The molecule has 1 atom stereocenters. The largest absolute Gasteiger partial charge is 0.507 e. The monoisotopic (exact) mass is 434 g/mol. The van der Waals surface area contributed by atoms with Crippen molar-refractivity contribution in [3.8, 4) is 0 Å². The molecular formula is C23H15ClN2O5. The van der Waals surface area contributed by atoms with Crippen LogP contribution in [0.15, 0.2) is 84.4 Å². The van der Waals surface area contributed by atoms with Gasteiger partial charge < -0.3 is 5.11 Å². The fourth-order valence-electron chi connectivity index (χ4n) is 3.57. The summed E-state index contributed by atoms with van der Waals surface area (Å²) >= 11 is 5.96. The van der Waals surface area contributed by atoms with Gasteiger partial charge in [0.05, 0.1) is 16.5 Å². The Morgan fingerprint density at radius 1 is 0.968 bits per heavy atom. The van der Waals surface area contributed by atoms with E-state index in [1.165, 1.54) is 23.1 Å². The lowest BCUT2D eigenvalue weighted by Gasteiger charge is -2.25. The van der Waals surface area contributed by atoms with Gasteiger partial charge in [0.1, 0.15) is 5.76 Å². The Labute approximate surface area is 182 Å². The van der Waals surface area contributed by atoms with Crippen LogP contribution in [0, 0.1) is 10.1 Å². The first-order chi connectivity index (χ1) is 14.9. The van der Waals surface area contributed by atoms with Crippen molar-refractivity contribution in [3.05, 3.63) is 111 Å². The van der Waals surface area contributed by atoms with E-state index in [0.717, 1.165) is 6.07 Å². The van der Waals surface area contributed by atoms with Gasteiger partial charge in [0.2, 0.25) is 0 Å². The van der Waals surface area contributed by atoms with Crippen molar-refractivity contribution in [1.29, 1.82) is 0 Å². The Bertz CT molecular complexity index is 1220. The maximum absolute atomic E-state index is 13.0. The van der Waals surface area contributed by atoms with Gasteiger partial charge in [0.15, 0.2) is 0 Å². The molecule has 0 radical (unpaired) electrons. The number of non-ortho nitro benzene ring substituents is 1. The third kappa shape index (κ3) is 3.67. The van der Waals surface area contributed by atoms with E-state index >= 15 is 0 Å². The lowest BCUT2D eigenvalue weighted by molar-refractivity contribution is -0.384. The average molecular weight is 435 g/mol. The number of benzene rings is 3. The first-order valence-corrected chi connectivity index (χ1v) is 9.62. The van der Waals surface area contributed by atoms with Gasteiger partial charge in [-0.15, -0.1) is 0 Å². The maximum atomic E-state index is 13.0. The van der Waals surface area contributed by atoms with Crippen LogP contribution in [0.1, 0.15) is 17.2 Å².